The molecule has 1 atom stereocenters. The summed E-state index contributed by atoms with van der Waals surface area (Å²) in [5.74, 6) is 0.332. The van der Waals surface area contributed by atoms with Crippen LogP contribution < -0.4 is 5.32 Å². The molecule has 0 saturated heterocycles. The van der Waals surface area contributed by atoms with Crippen molar-refractivity contribution in [3.05, 3.63) is 77.6 Å². The second kappa shape index (κ2) is 8.72. The second-order valence-corrected chi connectivity index (χ2v) is 7.60. The van der Waals surface area contributed by atoms with Gasteiger partial charge in [0.2, 0.25) is 0 Å². The molecule has 1 unspecified atom stereocenters. The van der Waals surface area contributed by atoms with E-state index in [0.717, 1.165) is 28.2 Å². The molecule has 29 heavy (non-hydrogen) atoms. The largest absolute Gasteiger partial charge is 0.389 e. The van der Waals surface area contributed by atoms with E-state index in [1.54, 1.807) is 0 Å². The summed E-state index contributed by atoms with van der Waals surface area (Å²) in [4.78, 5) is 0. The highest BCUT2D eigenvalue weighted by atomic mass is 19.4. The molecule has 3 rings (SSSR count). The maximum atomic E-state index is 12.9. The zero-order valence-corrected chi connectivity index (χ0v) is 16.9. The van der Waals surface area contributed by atoms with Gasteiger partial charge in [-0.1, -0.05) is 38.1 Å². The Morgan fingerprint density at radius 2 is 1.76 bits per heavy atom. The van der Waals surface area contributed by atoms with Crippen LogP contribution in [0.1, 0.15) is 55.5 Å². The van der Waals surface area contributed by atoms with E-state index in [9.17, 15) is 13.2 Å². The Bertz CT molecular complexity index is 930. The SMILES string of the molecule is Cc1cc(-n2ccc(C(C)C)n2)ccc1C(CCC(F)(F)F)Nc1ccccc1. The Balaban J connectivity index is 1.87. The number of hydrogen-bond acceptors (Lipinski definition) is 2. The van der Waals surface area contributed by atoms with Gasteiger partial charge in [0.25, 0.3) is 0 Å². The Morgan fingerprint density at radius 3 is 2.34 bits per heavy atom. The molecule has 1 aromatic heterocycles. The number of alkyl halides is 3. The van der Waals surface area contributed by atoms with E-state index in [-0.39, 0.29) is 6.42 Å². The van der Waals surface area contributed by atoms with Crippen LogP contribution >= 0.6 is 0 Å². The fourth-order valence-electron chi connectivity index (χ4n) is 3.33. The van der Waals surface area contributed by atoms with Gasteiger partial charge in [0.15, 0.2) is 0 Å². The van der Waals surface area contributed by atoms with Crippen molar-refractivity contribution in [3.8, 4) is 5.69 Å². The number of para-hydroxylation sites is 1. The molecule has 1 heterocycles. The highest BCUT2D eigenvalue weighted by Gasteiger charge is 2.29. The highest BCUT2D eigenvalue weighted by Crippen LogP contribution is 2.32. The van der Waals surface area contributed by atoms with Crippen molar-refractivity contribution in [1.29, 1.82) is 0 Å². The predicted octanol–water partition coefficient (Wildman–Crippen LogP) is 6.80. The molecule has 0 fully saturated rings. The van der Waals surface area contributed by atoms with Crippen LogP contribution in [0.2, 0.25) is 0 Å². The van der Waals surface area contributed by atoms with E-state index in [1.165, 1.54) is 0 Å². The zero-order valence-electron chi connectivity index (χ0n) is 16.9. The van der Waals surface area contributed by atoms with Crippen LogP contribution in [0.5, 0.6) is 0 Å². The summed E-state index contributed by atoms with van der Waals surface area (Å²) >= 11 is 0. The Hall–Kier alpha value is -2.76. The molecule has 0 aliphatic rings. The first kappa shape index (κ1) is 21.0. The normalized spacial score (nSPS) is 12.9. The molecule has 6 heteroatoms. The van der Waals surface area contributed by atoms with E-state index in [1.807, 2.05) is 72.4 Å². The van der Waals surface area contributed by atoms with E-state index in [4.69, 9.17) is 0 Å². The lowest BCUT2D eigenvalue weighted by atomic mass is 9.96. The van der Waals surface area contributed by atoms with Gasteiger partial charge in [0, 0.05) is 18.3 Å². The summed E-state index contributed by atoms with van der Waals surface area (Å²) < 4.78 is 40.5. The quantitative estimate of drug-likeness (QED) is 0.472. The smallest absolute Gasteiger partial charge is 0.378 e. The first-order valence-corrected chi connectivity index (χ1v) is 9.78. The number of nitrogens with zero attached hydrogens (tertiary/aromatic N) is 2. The summed E-state index contributed by atoms with van der Waals surface area (Å²) in [5.41, 5.74) is 4.49. The zero-order chi connectivity index (χ0) is 21.0. The lowest BCUT2D eigenvalue weighted by molar-refractivity contribution is -0.136. The van der Waals surface area contributed by atoms with Gasteiger partial charge in [-0.15, -0.1) is 0 Å². The molecular formula is C23H26F3N3. The summed E-state index contributed by atoms with van der Waals surface area (Å²) in [6, 6.07) is 16.7. The maximum absolute atomic E-state index is 12.9. The number of halogens is 3. The van der Waals surface area contributed by atoms with Crippen LogP contribution in [-0.4, -0.2) is 16.0 Å². The molecule has 1 N–H and O–H groups in total. The minimum absolute atomic E-state index is 0.0299. The number of aromatic nitrogens is 2. The molecule has 2 aromatic carbocycles. The second-order valence-electron chi connectivity index (χ2n) is 7.60. The van der Waals surface area contributed by atoms with E-state index < -0.39 is 18.6 Å². The van der Waals surface area contributed by atoms with E-state index >= 15 is 0 Å². The van der Waals surface area contributed by atoms with Crippen molar-refractivity contribution in [1.82, 2.24) is 9.78 Å². The lowest BCUT2D eigenvalue weighted by Crippen LogP contribution is -2.17. The fourth-order valence-corrected chi connectivity index (χ4v) is 3.33. The molecule has 3 aromatic rings. The van der Waals surface area contributed by atoms with E-state index in [2.05, 4.69) is 24.3 Å². The standard InChI is InChI=1S/C23H26F3N3/c1-16(2)21-12-14-29(28-21)19-9-10-20(17(3)15-19)22(11-13-23(24,25)26)27-18-7-5-4-6-8-18/h4-10,12,14-16,22,27H,11,13H2,1-3H3. The average Bonchev–Trinajstić information content (AvgIpc) is 3.16. The number of hydrogen-bond donors (Lipinski definition) is 1. The minimum Gasteiger partial charge on any atom is -0.378 e. The van der Waals surface area contributed by atoms with Crippen LogP contribution in [0.15, 0.2) is 60.8 Å². The summed E-state index contributed by atoms with van der Waals surface area (Å²) in [6.45, 7) is 6.10. The van der Waals surface area contributed by atoms with Gasteiger partial charge in [-0.2, -0.15) is 18.3 Å². The molecule has 0 spiro atoms. The molecule has 3 nitrogen and oxygen atoms in total. The fraction of sp³-hybridized carbons (Fsp3) is 0.348. The number of anilines is 1. The third kappa shape index (κ3) is 5.62. The molecule has 0 amide bonds. The number of benzene rings is 2. The molecule has 0 aliphatic heterocycles. The number of rotatable bonds is 7. The number of nitrogens with one attached hydrogen (secondary N) is 1. The predicted molar refractivity (Wildman–Crippen MR) is 110 cm³/mol. The first-order valence-electron chi connectivity index (χ1n) is 9.78. The molecule has 0 saturated carbocycles. The van der Waals surface area contributed by atoms with Crippen molar-refractivity contribution in [3.63, 3.8) is 0 Å². The van der Waals surface area contributed by atoms with Gasteiger partial charge in [-0.05, 0) is 60.7 Å². The van der Waals surface area contributed by atoms with Crippen molar-refractivity contribution in [2.45, 2.75) is 51.7 Å². The minimum atomic E-state index is -4.19. The molecule has 0 radical (unpaired) electrons. The molecule has 0 aliphatic carbocycles. The monoisotopic (exact) mass is 401 g/mol. The van der Waals surface area contributed by atoms with Gasteiger partial charge in [-0.3, -0.25) is 0 Å². The van der Waals surface area contributed by atoms with Crippen molar-refractivity contribution in [2.24, 2.45) is 0 Å². The van der Waals surface area contributed by atoms with Crippen LogP contribution in [0.4, 0.5) is 18.9 Å². The Morgan fingerprint density at radius 1 is 1.03 bits per heavy atom. The highest BCUT2D eigenvalue weighted by molar-refractivity contribution is 5.48. The van der Waals surface area contributed by atoms with Gasteiger partial charge in [0.1, 0.15) is 0 Å². The molecule has 0 bridgehead atoms. The third-order valence-electron chi connectivity index (χ3n) is 4.93. The first-order chi connectivity index (χ1) is 13.7. The van der Waals surface area contributed by atoms with Crippen LogP contribution in [0, 0.1) is 6.92 Å². The van der Waals surface area contributed by atoms with Crippen molar-refractivity contribution < 1.29 is 13.2 Å². The average molecular weight is 401 g/mol. The molecular weight excluding hydrogens is 375 g/mol. The van der Waals surface area contributed by atoms with Gasteiger partial charge in [0.05, 0.1) is 17.4 Å². The topological polar surface area (TPSA) is 29.9 Å². The van der Waals surface area contributed by atoms with Crippen LogP contribution in [-0.2, 0) is 0 Å². The third-order valence-corrected chi connectivity index (χ3v) is 4.93. The number of aryl methyl sites for hydroxylation is 1. The maximum Gasteiger partial charge on any atom is 0.389 e. The van der Waals surface area contributed by atoms with Gasteiger partial charge >= 0.3 is 6.18 Å². The van der Waals surface area contributed by atoms with Gasteiger partial charge < -0.3 is 5.32 Å². The molecule has 154 valence electrons. The van der Waals surface area contributed by atoms with Gasteiger partial charge in [-0.25, -0.2) is 4.68 Å². The van der Waals surface area contributed by atoms with Crippen molar-refractivity contribution in [2.75, 3.05) is 5.32 Å². The van der Waals surface area contributed by atoms with E-state index in [0.29, 0.717) is 5.92 Å². The summed E-state index contributed by atoms with van der Waals surface area (Å²) in [6.07, 6.45) is -3.15. The summed E-state index contributed by atoms with van der Waals surface area (Å²) in [5, 5.41) is 7.85. The Labute approximate surface area is 169 Å². The van der Waals surface area contributed by atoms with Crippen LogP contribution in [0.25, 0.3) is 5.69 Å². The van der Waals surface area contributed by atoms with Crippen LogP contribution in [0.3, 0.4) is 0 Å². The lowest BCUT2D eigenvalue weighted by Gasteiger charge is -2.23. The Kier molecular flexibility index (Phi) is 6.30. The summed E-state index contributed by atoms with van der Waals surface area (Å²) in [7, 11) is 0. The van der Waals surface area contributed by atoms with Crippen molar-refractivity contribution >= 4 is 5.69 Å².